The van der Waals surface area contributed by atoms with Gasteiger partial charge in [-0.25, -0.2) is 4.98 Å². The van der Waals surface area contributed by atoms with Gasteiger partial charge in [-0.2, -0.15) is 0 Å². The molecule has 3 nitrogen and oxygen atoms in total. The van der Waals surface area contributed by atoms with Crippen molar-refractivity contribution in [1.82, 2.24) is 9.38 Å². The van der Waals surface area contributed by atoms with Gasteiger partial charge in [-0.1, -0.05) is 36.4 Å². The normalized spacial score (nSPS) is 10.6. The number of hydrogen-bond acceptors (Lipinski definition) is 2. The topological polar surface area (TPSA) is 26.5 Å². The largest absolute Gasteiger partial charge is 0.482 e. The van der Waals surface area contributed by atoms with Gasteiger partial charge in [-0.15, -0.1) is 0 Å². The number of imidazole rings is 1. The highest BCUT2D eigenvalue weighted by atomic mass is 16.5. The van der Waals surface area contributed by atoms with E-state index in [4.69, 9.17) is 4.74 Å². The van der Waals surface area contributed by atoms with Gasteiger partial charge in [0, 0.05) is 11.8 Å². The summed E-state index contributed by atoms with van der Waals surface area (Å²) in [6.07, 6.45) is 1.99. The molecule has 3 heteroatoms. The number of benzene rings is 1. The summed E-state index contributed by atoms with van der Waals surface area (Å²) < 4.78 is 7.25. The van der Waals surface area contributed by atoms with Crippen LogP contribution in [-0.2, 0) is 0 Å². The minimum Gasteiger partial charge on any atom is -0.482 e. The van der Waals surface area contributed by atoms with Crippen molar-refractivity contribution in [2.75, 3.05) is 7.11 Å². The Bertz CT molecular complexity index is 644. The van der Waals surface area contributed by atoms with Crippen LogP contribution in [0.2, 0.25) is 0 Å². The second-order valence-electron chi connectivity index (χ2n) is 3.79. The maximum atomic E-state index is 5.30. The Morgan fingerprint density at radius 1 is 1.00 bits per heavy atom. The molecule has 0 amide bonds. The molecular formula is C14H12N2O. The summed E-state index contributed by atoms with van der Waals surface area (Å²) in [5.41, 5.74) is 2.96. The lowest BCUT2D eigenvalue weighted by Gasteiger charge is -2.01. The van der Waals surface area contributed by atoms with E-state index in [-0.39, 0.29) is 0 Å². The summed E-state index contributed by atoms with van der Waals surface area (Å²) in [6, 6.07) is 15.9. The summed E-state index contributed by atoms with van der Waals surface area (Å²) in [7, 11) is 1.66. The minimum absolute atomic E-state index is 0.789. The molecule has 1 aromatic carbocycles. The fourth-order valence-electron chi connectivity index (χ4n) is 1.90. The molecule has 0 saturated heterocycles. The van der Waals surface area contributed by atoms with Gasteiger partial charge < -0.3 is 4.74 Å². The molecule has 0 bridgehead atoms. The maximum Gasteiger partial charge on any atom is 0.198 e. The first-order chi connectivity index (χ1) is 8.38. The molecule has 17 heavy (non-hydrogen) atoms. The van der Waals surface area contributed by atoms with Gasteiger partial charge in [0.15, 0.2) is 5.88 Å². The first kappa shape index (κ1) is 9.90. The second kappa shape index (κ2) is 3.94. The van der Waals surface area contributed by atoms with Crippen molar-refractivity contribution in [2.24, 2.45) is 0 Å². The van der Waals surface area contributed by atoms with Crippen LogP contribution in [0.4, 0.5) is 0 Å². The molecule has 2 aromatic heterocycles. The monoisotopic (exact) mass is 224 g/mol. The Balaban J connectivity index is 2.20. The van der Waals surface area contributed by atoms with Crippen LogP contribution in [0.5, 0.6) is 5.88 Å². The van der Waals surface area contributed by atoms with Crippen LogP contribution in [0.25, 0.3) is 16.9 Å². The van der Waals surface area contributed by atoms with Crippen LogP contribution in [0.1, 0.15) is 0 Å². The standard InChI is InChI=1S/C14H12N2O/c1-17-14-9-5-8-13-15-12(10-16(13)14)11-6-3-2-4-7-11/h2-10H,1H3. The third-order valence-corrected chi connectivity index (χ3v) is 2.73. The van der Waals surface area contributed by atoms with Crippen LogP contribution in [0.15, 0.2) is 54.7 Å². The predicted octanol–water partition coefficient (Wildman–Crippen LogP) is 3.01. The number of rotatable bonds is 2. The lowest BCUT2D eigenvalue weighted by atomic mass is 10.2. The Hall–Kier alpha value is -2.29. The molecule has 84 valence electrons. The smallest absolute Gasteiger partial charge is 0.198 e. The number of pyridine rings is 1. The van der Waals surface area contributed by atoms with Gasteiger partial charge in [0.1, 0.15) is 5.65 Å². The van der Waals surface area contributed by atoms with Gasteiger partial charge in [0.05, 0.1) is 12.8 Å². The van der Waals surface area contributed by atoms with E-state index < -0.39 is 0 Å². The van der Waals surface area contributed by atoms with E-state index in [0.29, 0.717) is 0 Å². The van der Waals surface area contributed by atoms with Crippen LogP contribution >= 0.6 is 0 Å². The summed E-state index contributed by atoms with van der Waals surface area (Å²) in [6.45, 7) is 0. The van der Waals surface area contributed by atoms with Crippen molar-refractivity contribution in [1.29, 1.82) is 0 Å². The third-order valence-electron chi connectivity index (χ3n) is 2.73. The first-order valence-corrected chi connectivity index (χ1v) is 5.46. The fourth-order valence-corrected chi connectivity index (χ4v) is 1.90. The van der Waals surface area contributed by atoms with Gasteiger partial charge >= 0.3 is 0 Å². The number of aromatic nitrogens is 2. The Labute approximate surface area is 99.3 Å². The molecule has 0 aliphatic rings. The molecule has 0 fully saturated rings. The van der Waals surface area contributed by atoms with Crippen LogP contribution in [0, 0.1) is 0 Å². The van der Waals surface area contributed by atoms with Crippen LogP contribution in [0.3, 0.4) is 0 Å². The summed E-state index contributed by atoms with van der Waals surface area (Å²) in [5.74, 6) is 0.789. The molecule has 0 aliphatic carbocycles. The lowest BCUT2D eigenvalue weighted by molar-refractivity contribution is 0.392. The molecule has 0 atom stereocenters. The lowest BCUT2D eigenvalue weighted by Crippen LogP contribution is -1.91. The highest BCUT2D eigenvalue weighted by Gasteiger charge is 2.06. The van der Waals surface area contributed by atoms with E-state index in [9.17, 15) is 0 Å². The fraction of sp³-hybridized carbons (Fsp3) is 0.0714. The molecule has 0 N–H and O–H groups in total. The van der Waals surface area contributed by atoms with E-state index in [1.54, 1.807) is 7.11 Å². The van der Waals surface area contributed by atoms with E-state index in [0.717, 1.165) is 22.8 Å². The van der Waals surface area contributed by atoms with E-state index in [2.05, 4.69) is 4.98 Å². The number of nitrogens with zero attached hydrogens (tertiary/aromatic N) is 2. The summed E-state index contributed by atoms with van der Waals surface area (Å²) in [4.78, 5) is 4.57. The molecule has 0 saturated carbocycles. The van der Waals surface area contributed by atoms with Gasteiger partial charge in [0.2, 0.25) is 0 Å². The molecule has 0 spiro atoms. The van der Waals surface area contributed by atoms with Crippen molar-refractivity contribution in [3.05, 3.63) is 54.7 Å². The highest BCUT2D eigenvalue weighted by molar-refractivity contribution is 5.63. The number of methoxy groups -OCH3 is 1. The molecule has 0 radical (unpaired) electrons. The average molecular weight is 224 g/mol. The predicted molar refractivity (Wildman–Crippen MR) is 67.2 cm³/mol. The molecule has 0 unspecified atom stereocenters. The quantitative estimate of drug-likeness (QED) is 0.669. The van der Waals surface area contributed by atoms with Gasteiger partial charge in [-0.05, 0) is 12.1 Å². The molecule has 2 heterocycles. The van der Waals surface area contributed by atoms with Crippen molar-refractivity contribution >= 4 is 5.65 Å². The number of ether oxygens (including phenoxy) is 1. The Morgan fingerprint density at radius 2 is 1.82 bits per heavy atom. The van der Waals surface area contributed by atoms with Crippen molar-refractivity contribution in [3.63, 3.8) is 0 Å². The summed E-state index contributed by atoms with van der Waals surface area (Å²) >= 11 is 0. The third kappa shape index (κ3) is 1.65. The maximum absolute atomic E-state index is 5.30. The van der Waals surface area contributed by atoms with E-state index in [1.807, 2.05) is 59.1 Å². The van der Waals surface area contributed by atoms with E-state index >= 15 is 0 Å². The molecular weight excluding hydrogens is 212 g/mol. The Kier molecular flexibility index (Phi) is 2.29. The zero-order valence-electron chi connectivity index (χ0n) is 9.50. The van der Waals surface area contributed by atoms with Crippen molar-refractivity contribution in [2.45, 2.75) is 0 Å². The van der Waals surface area contributed by atoms with Crippen LogP contribution in [-0.4, -0.2) is 16.5 Å². The highest BCUT2D eigenvalue weighted by Crippen LogP contribution is 2.22. The first-order valence-electron chi connectivity index (χ1n) is 5.46. The zero-order valence-corrected chi connectivity index (χ0v) is 9.50. The van der Waals surface area contributed by atoms with Crippen molar-refractivity contribution < 1.29 is 4.74 Å². The van der Waals surface area contributed by atoms with Gasteiger partial charge in [-0.3, -0.25) is 4.40 Å². The van der Waals surface area contributed by atoms with E-state index in [1.165, 1.54) is 0 Å². The minimum atomic E-state index is 0.789. The van der Waals surface area contributed by atoms with Crippen LogP contribution < -0.4 is 4.74 Å². The number of fused-ring (bicyclic) bond motifs is 1. The summed E-state index contributed by atoms with van der Waals surface area (Å²) in [5, 5.41) is 0. The average Bonchev–Trinajstić information content (AvgIpc) is 2.83. The second-order valence-corrected chi connectivity index (χ2v) is 3.79. The Morgan fingerprint density at radius 3 is 2.59 bits per heavy atom. The van der Waals surface area contributed by atoms with Crippen molar-refractivity contribution in [3.8, 4) is 17.1 Å². The zero-order chi connectivity index (χ0) is 11.7. The molecule has 3 aromatic rings. The molecule has 3 rings (SSSR count). The number of hydrogen-bond donors (Lipinski definition) is 0. The SMILES string of the molecule is COc1cccc2nc(-c3ccccc3)cn12. The molecule has 0 aliphatic heterocycles. The van der Waals surface area contributed by atoms with Gasteiger partial charge in [0.25, 0.3) is 0 Å².